The molecule has 6 nitrogen and oxygen atoms in total. The fraction of sp³-hybridized carbons (Fsp3) is 0.136. The number of para-hydroxylation sites is 1. The van der Waals surface area contributed by atoms with Crippen LogP contribution in [0.2, 0.25) is 0 Å². The molecule has 0 fully saturated rings. The molecule has 0 bridgehead atoms. The minimum absolute atomic E-state index is 0.0187. The number of hydrogen-bond acceptors (Lipinski definition) is 4. The van der Waals surface area contributed by atoms with Crippen LogP contribution in [0, 0.1) is 0 Å². The normalized spacial score (nSPS) is 11.5. The van der Waals surface area contributed by atoms with Crippen molar-refractivity contribution >= 4 is 0 Å². The lowest BCUT2D eigenvalue weighted by Crippen LogP contribution is -2.20. The molecule has 0 atom stereocenters. The van der Waals surface area contributed by atoms with Gasteiger partial charge < -0.3 is 4.74 Å². The summed E-state index contributed by atoms with van der Waals surface area (Å²) in [5.41, 5.74) is -0.0970. The van der Waals surface area contributed by atoms with E-state index in [-0.39, 0.29) is 23.6 Å². The van der Waals surface area contributed by atoms with E-state index in [2.05, 4.69) is 10.2 Å². The molecule has 2 aromatic heterocycles. The second kappa shape index (κ2) is 8.10. The Morgan fingerprint density at radius 1 is 1.00 bits per heavy atom. The van der Waals surface area contributed by atoms with Crippen LogP contribution in [0.3, 0.4) is 0 Å². The van der Waals surface area contributed by atoms with Crippen molar-refractivity contribution in [3.05, 3.63) is 94.4 Å². The van der Waals surface area contributed by atoms with Crippen LogP contribution in [-0.4, -0.2) is 26.7 Å². The number of halogens is 3. The largest absolute Gasteiger partial charge is 0.491 e. The van der Waals surface area contributed by atoms with Crippen molar-refractivity contribution in [2.24, 2.45) is 0 Å². The zero-order valence-electron chi connectivity index (χ0n) is 16.4. The highest BCUT2D eigenvalue weighted by Crippen LogP contribution is 2.32. The van der Waals surface area contributed by atoms with Gasteiger partial charge in [0.2, 0.25) is 0 Å². The number of rotatable bonds is 5. The summed E-state index contributed by atoms with van der Waals surface area (Å²) in [5, 5.41) is 8.58. The van der Waals surface area contributed by atoms with Crippen LogP contribution < -0.4 is 10.2 Å². The maximum absolute atomic E-state index is 13.4. The molecule has 4 rings (SSSR count). The van der Waals surface area contributed by atoms with Gasteiger partial charge in [-0.25, -0.2) is 4.68 Å². The Kier molecular flexibility index (Phi) is 5.33. The predicted octanol–water partition coefficient (Wildman–Crippen LogP) is 4.17. The van der Waals surface area contributed by atoms with Gasteiger partial charge in [-0.2, -0.15) is 23.4 Å². The Hall–Kier alpha value is -3.88. The highest BCUT2D eigenvalue weighted by molar-refractivity contribution is 5.58. The van der Waals surface area contributed by atoms with Crippen molar-refractivity contribution in [1.29, 1.82) is 0 Å². The number of benzene rings is 2. The second-order valence-electron chi connectivity index (χ2n) is 6.69. The second-order valence-corrected chi connectivity index (χ2v) is 6.69. The summed E-state index contributed by atoms with van der Waals surface area (Å²) in [6.45, 7) is -0.196. The summed E-state index contributed by atoms with van der Waals surface area (Å²) in [7, 11) is 1.32. The Morgan fingerprint density at radius 3 is 2.42 bits per heavy atom. The molecule has 0 aliphatic carbocycles. The Bertz CT molecular complexity index is 1260. The molecule has 2 heterocycles. The lowest BCUT2D eigenvalue weighted by atomic mass is 10.1. The molecule has 158 valence electrons. The van der Waals surface area contributed by atoms with Crippen LogP contribution in [0.4, 0.5) is 13.2 Å². The quantitative estimate of drug-likeness (QED) is 0.481. The molecule has 0 amide bonds. The minimum atomic E-state index is -4.51. The Balaban J connectivity index is 1.83. The number of methoxy groups -OCH3 is 1. The number of aromatic nitrogens is 4. The smallest absolute Gasteiger partial charge is 0.416 e. The van der Waals surface area contributed by atoms with Gasteiger partial charge in [0.1, 0.15) is 0 Å². The van der Waals surface area contributed by atoms with Gasteiger partial charge in [-0.05, 0) is 29.8 Å². The van der Waals surface area contributed by atoms with Crippen molar-refractivity contribution in [3.8, 4) is 22.8 Å². The van der Waals surface area contributed by atoms with Crippen LogP contribution in [0.15, 0.2) is 77.9 Å². The lowest BCUT2D eigenvalue weighted by molar-refractivity contribution is -0.138. The van der Waals surface area contributed by atoms with E-state index in [1.807, 2.05) is 30.3 Å². The van der Waals surface area contributed by atoms with Crippen molar-refractivity contribution in [2.45, 2.75) is 12.7 Å². The van der Waals surface area contributed by atoms with E-state index < -0.39 is 17.2 Å². The van der Waals surface area contributed by atoms with E-state index in [1.54, 1.807) is 6.07 Å². The number of alkyl halides is 3. The molecule has 0 saturated carbocycles. The molecule has 0 unspecified atom stereocenters. The first-order valence-electron chi connectivity index (χ1n) is 9.29. The van der Waals surface area contributed by atoms with Gasteiger partial charge in [-0.3, -0.25) is 9.48 Å². The molecule has 0 aliphatic heterocycles. The van der Waals surface area contributed by atoms with Crippen LogP contribution >= 0.6 is 0 Å². The molecule has 0 N–H and O–H groups in total. The summed E-state index contributed by atoms with van der Waals surface area (Å²) in [5.74, 6) is -0.0321. The van der Waals surface area contributed by atoms with E-state index in [4.69, 9.17) is 4.74 Å². The van der Waals surface area contributed by atoms with Crippen molar-refractivity contribution in [3.63, 3.8) is 0 Å². The maximum Gasteiger partial charge on any atom is 0.416 e. The van der Waals surface area contributed by atoms with E-state index >= 15 is 0 Å². The first-order chi connectivity index (χ1) is 14.9. The van der Waals surface area contributed by atoms with Gasteiger partial charge in [-0.15, -0.1) is 0 Å². The average Bonchev–Trinajstić information content (AvgIpc) is 3.25. The summed E-state index contributed by atoms with van der Waals surface area (Å²) >= 11 is 0. The highest BCUT2D eigenvalue weighted by atomic mass is 19.4. The predicted molar refractivity (Wildman–Crippen MR) is 108 cm³/mol. The lowest BCUT2D eigenvalue weighted by Gasteiger charge is -2.15. The molecule has 0 radical (unpaired) electrons. The third-order valence-electron chi connectivity index (χ3n) is 4.69. The maximum atomic E-state index is 13.4. The van der Waals surface area contributed by atoms with E-state index in [1.165, 1.54) is 47.1 Å². The monoisotopic (exact) mass is 426 g/mol. The molecule has 0 saturated heterocycles. The van der Waals surface area contributed by atoms with Gasteiger partial charge in [-0.1, -0.05) is 36.4 Å². The van der Waals surface area contributed by atoms with Crippen molar-refractivity contribution in [1.82, 2.24) is 19.6 Å². The summed E-state index contributed by atoms with van der Waals surface area (Å²) in [6.07, 6.45) is -1.69. The van der Waals surface area contributed by atoms with Crippen LogP contribution in [-0.2, 0) is 12.7 Å². The molecule has 0 aliphatic rings. The molecule has 0 spiro atoms. The van der Waals surface area contributed by atoms with E-state index in [0.29, 0.717) is 11.4 Å². The van der Waals surface area contributed by atoms with Gasteiger partial charge in [0.15, 0.2) is 11.4 Å². The molecule has 9 heteroatoms. The molecule has 31 heavy (non-hydrogen) atoms. The fourth-order valence-corrected chi connectivity index (χ4v) is 3.27. The average molecular weight is 426 g/mol. The van der Waals surface area contributed by atoms with Crippen molar-refractivity contribution < 1.29 is 17.9 Å². The van der Waals surface area contributed by atoms with Gasteiger partial charge in [0.25, 0.3) is 5.43 Å². The SMILES string of the molecule is COc1cn(Cc2ccccc2C(F)(F)F)nc(-c2ccnn2-c2ccccc2)c1=O. The third kappa shape index (κ3) is 4.07. The molecular formula is C22H17F3N4O2. The van der Waals surface area contributed by atoms with Gasteiger partial charge in [0, 0.05) is 0 Å². The Morgan fingerprint density at radius 2 is 1.71 bits per heavy atom. The number of nitrogens with zero attached hydrogens (tertiary/aromatic N) is 4. The standard InChI is InChI=1S/C22H17F3N4O2/c1-31-19-14-28(13-15-7-5-6-10-17(15)22(23,24)25)27-20(21(19)30)18-11-12-26-29(18)16-8-3-2-4-9-16/h2-12,14H,13H2,1H3. The zero-order chi connectivity index (χ0) is 22.0. The van der Waals surface area contributed by atoms with Crippen LogP contribution in [0.1, 0.15) is 11.1 Å². The van der Waals surface area contributed by atoms with Crippen molar-refractivity contribution in [2.75, 3.05) is 7.11 Å². The van der Waals surface area contributed by atoms with Crippen LogP contribution in [0.5, 0.6) is 5.75 Å². The topological polar surface area (TPSA) is 61.9 Å². The van der Waals surface area contributed by atoms with E-state index in [0.717, 1.165) is 6.07 Å². The minimum Gasteiger partial charge on any atom is -0.491 e. The Labute approximate surface area is 175 Å². The van der Waals surface area contributed by atoms with Gasteiger partial charge in [0.05, 0.1) is 43.0 Å². The van der Waals surface area contributed by atoms with Crippen LogP contribution in [0.25, 0.3) is 17.1 Å². The molecular weight excluding hydrogens is 409 g/mol. The first kappa shape index (κ1) is 20.4. The highest BCUT2D eigenvalue weighted by Gasteiger charge is 2.33. The van der Waals surface area contributed by atoms with E-state index in [9.17, 15) is 18.0 Å². The third-order valence-corrected chi connectivity index (χ3v) is 4.69. The number of hydrogen-bond donors (Lipinski definition) is 0. The molecule has 4 aromatic rings. The summed E-state index contributed by atoms with van der Waals surface area (Å²) < 4.78 is 48.1. The fourth-order valence-electron chi connectivity index (χ4n) is 3.27. The summed E-state index contributed by atoms with van der Waals surface area (Å²) in [4.78, 5) is 12.9. The first-order valence-corrected chi connectivity index (χ1v) is 9.29. The van der Waals surface area contributed by atoms with Gasteiger partial charge >= 0.3 is 6.18 Å². The zero-order valence-corrected chi connectivity index (χ0v) is 16.4. The number of ether oxygens (including phenoxy) is 1. The summed E-state index contributed by atoms with van der Waals surface area (Å²) in [6, 6.07) is 16.0. The molecule has 2 aromatic carbocycles.